The molecule has 2 aromatic rings. The van der Waals surface area contributed by atoms with Crippen molar-refractivity contribution in [1.82, 2.24) is 5.16 Å². The number of aromatic nitrogens is 1. The van der Waals surface area contributed by atoms with Crippen LogP contribution in [0.4, 0.5) is 0 Å². The van der Waals surface area contributed by atoms with Crippen LogP contribution in [0.15, 0.2) is 52.6 Å². The SMILES string of the molecule is O[C@]12CC=CC[C@H]1Cc1onc(OCc3ccccc3)c1C2=C1CCC1. The third kappa shape index (κ3) is 2.43. The average molecular weight is 349 g/mol. The van der Waals surface area contributed by atoms with Crippen molar-refractivity contribution in [2.75, 3.05) is 0 Å². The minimum atomic E-state index is -0.812. The highest BCUT2D eigenvalue weighted by atomic mass is 16.5. The molecule has 5 rings (SSSR count). The number of nitrogens with zero attached hydrogens (tertiary/aromatic N) is 1. The quantitative estimate of drug-likeness (QED) is 0.832. The van der Waals surface area contributed by atoms with Crippen molar-refractivity contribution in [1.29, 1.82) is 0 Å². The Balaban J connectivity index is 1.54. The molecule has 0 saturated heterocycles. The number of aliphatic hydroxyl groups is 1. The Morgan fingerprint density at radius 1 is 1.19 bits per heavy atom. The molecule has 0 amide bonds. The van der Waals surface area contributed by atoms with Crippen LogP contribution in [-0.4, -0.2) is 15.9 Å². The highest BCUT2D eigenvalue weighted by Gasteiger charge is 2.49. The van der Waals surface area contributed by atoms with E-state index in [1.807, 2.05) is 30.3 Å². The predicted molar refractivity (Wildman–Crippen MR) is 98.6 cm³/mol. The average Bonchev–Trinajstić information content (AvgIpc) is 3.02. The van der Waals surface area contributed by atoms with Gasteiger partial charge in [-0.3, -0.25) is 0 Å². The summed E-state index contributed by atoms with van der Waals surface area (Å²) in [4.78, 5) is 0. The number of hydrogen-bond donors (Lipinski definition) is 1. The Bertz CT molecular complexity index is 874. The van der Waals surface area contributed by atoms with Crippen LogP contribution in [-0.2, 0) is 13.0 Å². The van der Waals surface area contributed by atoms with E-state index in [4.69, 9.17) is 9.26 Å². The summed E-state index contributed by atoms with van der Waals surface area (Å²) in [6.07, 6.45) is 9.85. The summed E-state index contributed by atoms with van der Waals surface area (Å²) >= 11 is 0. The molecule has 4 heteroatoms. The maximum atomic E-state index is 11.6. The van der Waals surface area contributed by atoms with Gasteiger partial charge in [0.05, 0.1) is 11.2 Å². The van der Waals surface area contributed by atoms with Crippen LogP contribution in [0.5, 0.6) is 5.88 Å². The van der Waals surface area contributed by atoms with Crippen molar-refractivity contribution < 1.29 is 14.4 Å². The lowest BCUT2D eigenvalue weighted by atomic mass is 9.63. The first-order chi connectivity index (χ1) is 12.8. The molecule has 3 aliphatic rings. The van der Waals surface area contributed by atoms with E-state index < -0.39 is 5.60 Å². The molecule has 1 heterocycles. The summed E-state index contributed by atoms with van der Waals surface area (Å²) in [6, 6.07) is 10.1. The third-order valence-electron chi connectivity index (χ3n) is 6.07. The van der Waals surface area contributed by atoms with Gasteiger partial charge in [-0.1, -0.05) is 48.1 Å². The molecule has 0 aliphatic heterocycles. The van der Waals surface area contributed by atoms with Gasteiger partial charge in [0.1, 0.15) is 12.4 Å². The number of hydrogen-bond acceptors (Lipinski definition) is 4. The minimum absolute atomic E-state index is 0.165. The van der Waals surface area contributed by atoms with Gasteiger partial charge in [-0.2, -0.15) is 0 Å². The molecule has 1 fully saturated rings. The Labute approximate surface area is 153 Å². The highest BCUT2D eigenvalue weighted by Crippen LogP contribution is 2.54. The zero-order chi connectivity index (χ0) is 17.6. The van der Waals surface area contributed by atoms with Gasteiger partial charge < -0.3 is 14.4 Å². The van der Waals surface area contributed by atoms with Gasteiger partial charge in [0.15, 0.2) is 0 Å². The van der Waals surface area contributed by atoms with Crippen LogP contribution >= 0.6 is 0 Å². The van der Waals surface area contributed by atoms with Gasteiger partial charge in [-0.05, 0) is 48.4 Å². The van der Waals surface area contributed by atoms with Crippen molar-refractivity contribution in [2.24, 2.45) is 5.92 Å². The van der Waals surface area contributed by atoms with Gasteiger partial charge in [-0.15, -0.1) is 0 Å². The third-order valence-corrected chi connectivity index (χ3v) is 6.07. The Kier molecular flexibility index (Phi) is 3.75. The molecule has 134 valence electrons. The predicted octanol–water partition coefficient (Wildman–Crippen LogP) is 4.44. The topological polar surface area (TPSA) is 55.5 Å². The molecular formula is C22H23NO3. The fourth-order valence-electron chi connectivity index (χ4n) is 4.49. The van der Waals surface area contributed by atoms with Gasteiger partial charge >= 0.3 is 0 Å². The van der Waals surface area contributed by atoms with Crippen LogP contribution in [0.2, 0.25) is 0 Å². The van der Waals surface area contributed by atoms with E-state index in [9.17, 15) is 5.11 Å². The highest BCUT2D eigenvalue weighted by molar-refractivity contribution is 5.81. The monoisotopic (exact) mass is 349 g/mol. The van der Waals surface area contributed by atoms with E-state index in [0.29, 0.717) is 25.3 Å². The second-order valence-electron chi connectivity index (χ2n) is 7.63. The molecule has 0 spiro atoms. The van der Waals surface area contributed by atoms with Gasteiger partial charge in [-0.25, -0.2) is 0 Å². The van der Waals surface area contributed by atoms with Gasteiger partial charge in [0.2, 0.25) is 0 Å². The second-order valence-corrected chi connectivity index (χ2v) is 7.63. The van der Waals surface area contributed by atoms with Crippen molar-refractivity contribution in [2.45, 2.75) is 50.7 Å². The largest absolute Gasteiger partial charge is 0.470 e. The van der Waals surface area contributed by atoms with E-state index in [2.05, 4.69) is 17.3 Å². The molecule has 1 saturated carbocycles. The number of benzene rings is 1. The summed E-state index contributed by atoms with van der Waals surface area (Å²) < 4.78 is 11.7. The van der Waals surface area contributed by atoms with Crippen molar-refractivity contribution >= 4 is 5.57 Å². The standard InChI is InChI=1S/C22H23NO3/c24-22-12-5-4-11-17(22)13-18-19(20(22)16-9-6-10-16)21(23-26-18)25-14-15-7-2-1-3-8-15/h1-5,7-8,17,24H,6,9-14H2/t17-,22+/m0/s1. The molecule has 0 radical (unpaired) electrons. The van der Waals surface area contributed by atoms with Crippen LogP contribution < -0.4 is 4.74 Å². The van der Waals surface area contributed by atoms with Gasteiger partial charge in [0, 0.05) is 12.3 Å². The number of fused-ring (bicyclic) bond motifs is 2. The van der Waals surface area contributed by atoms with Crippen molar-refractivity contribution in [3.63, 3.8) is 0 Å². The summed E-state index contributed by atoms with van der Waals surface area (Å²) in [7, 11) is 0. The maximum Gasteiger partial charge on any atom is 0.262 e. The first kappa shape index (κ1) is 15.9. The molecule has 0 unspecified atom stereocenters. The molecular weight excluding hydrogens is 326 g/mol. The smallest absolute Gasteiger partial charge is 0.262 e. The normalized spacial score (nSPS) is 26.9. The molecule has 1 aromatic carbocycles. The summed E-state index contributed by atoms with van der Waals surface area (Å²) in [5, 5.41) is 15.9. The molecule has 3 aliphatic carbocycles. The lowest BCUT2D eigenvalue weighted by Crippen LogP contribution is -2.45. The zero-order valence-electron chi connectivity index (χ0n) is 14.8. The maximum absolute atomic E-state index is 11.6. The fourth-order valence-corrected chi connectivity index (χ4v) is 4.49. The van der Waals surface area contributed by atoms with Gasteiger partial charge in [0.25, 0.3) is 5.88 Å². The molecule has 4 nitrogen and oxygen atoms in total. The second kappa shape index (κ2) is 6.13. The first-order valence-electron chi connectivity index (χ1n) is 9.51. The van der Waals surface area contributed by atoms with Crippen LogP contribution in [0.25, 0.3) is 5.57 Å². The number of allylic oxidation sites excluding steroid dienone is 2. The van der Waals surface area contributed by atoms with Crippen LogP contribution in [0.1, 0.15) is 49.0 Å². The minimum Gasteiger partial charge on any atom is -0.470 e. The van der Waals surface area contributed by atoms with Crippen molar-refractivity contribution in [3.05, 3.63) is 64.9 Å². The lowest BCUT2D eigenvalue weighted by molar-refractivity contribution is 0.0278. The Morgan fingerprint density at radius 2 is 2.04 bits per heavy atom. The number of ether oxygens (including phenoxy) is 1. The van der Waals surface area contributed by atoms with E-state index in [0.717, 1.165) is 41.7 Å². The summed E-state index contributed by atoms with van der Waals surface area (Å²) in [6.45, 7) is 0.449. The van der Waals surface area contributed by atoms with E-state index in [-0.39, 0.29) is 5.92 Å². The molecule has 2 atom stereocenters. The van der Waals surface area contributed by atoms with Crippen molar-refractivity contribution in [3.8, 4) is 5.88 Å². The van der Waals surface area contributed by atoms with Crippen LogP contribution in [0.3, 0.4) is 0 Å². The molecule has 0 bridgehead atoms. The van der Waals surface area contributed by atoms with E-state index in [1.54, 1.807) is 0 Å². The molecule has 1 aromatic heterocycles. The fraction of sp³-hybridized carbons (Fsp3) is 0.409. The van der Waals surface area contributed by atoms with Crippen LogP contribution in [0, 0.1) is 5.92 Å². The molecule has 26 heavy (non-hydrogen) atoms. The Morgan fingerprint density at radius 3 is 2.81 bits per heavy atom. The Hall–Kier alpha value is -2.33. The lowest BCUT2D eigenvalue weighted by Gasteiger charge is -2.44. The van der Waals surface area contributed by atoms with E-state index in [1.165, 1.54) is 12.0 Å². The van der Waals surface area contributed by atoms with E-state index >= 15 is 0 Å². The summed E-state index contributed by atoms with van der Waals surface area (Å²) in [5.41, 5.74) is 3.60. The number of rotatable bonds is 3. The first-order valence-corrected chi connectivity index (χ1v) is 9.51. The zero-order valence-corrected chi connectivity index (χ0v) is 14.8. The molecule has 1 N–H and O–H groups in total. The summed E-state index contributed by atoms with van der Waals surface area (Å²) in [5.74, 6) is 1.56.